The summed E-state index contributed by atoms with van der Waals surface area (Å²) in [5.74, 6) is 2.01. The highest BCUT2D eigenvalue weighted by molar-refractivity contribution is 5.90. The maximum absolute atomic E-state index is 12.2. The molecular weight excluding hydrogens is 270 g/mol. The van der Waals surface area contributed by atoms with Crippen molar-refractivity contribution in [1.29, 1.82) is 0 Å². The lowest BCUT2D eigenvalue weighted by Gasteiger charge is -2.31. The van der Waals surface area contributed by atoms with Crippen molar-refractivity contribution in [3.8, 4) is 0 Å². The average molecular weight is 291 g/mol. The molecule has 2 aliphatic rings. The molecule has 0 bridgehead atoms. The van der Waals surface area contributed by atoms with Gasteiger partial charge in [0.2, 0.25) is 11.7 Å². The van der Waals surface area contributed by atoms with Gasteiger partial charge in [0.05, 0.1) is 0 Å². The van der Waals surface area contributed by atoms with Crippen LogP contribution in [0.1, 0.15) is 48.5 Å². The second kappa shape index (κ2) is 5.46. The monoisotopic (exact) mass is 291 g/mol. The van der Waals surface area contributed by atoms with Gasteiger partial charge in [0.15, 0.2) is 0 Å². The first-order valence-electron chi connectivity index (χ1n) is 7.53. The van der Waals surface area contributed by atoms with Gasteiger partial charge in [-0.05, 0) is 25.2 Å². The van der Waals surface area contributed by atoms with Gasteiger partial charge in [0, 0.05) is 32.0 Å². The molecule has 0 radical (unpaired) electrons. The summed E-state index contributed by atoms with van der Waals surface area (Å²) in [6.45, 7) is 3.66. The Morgan fingerprint density at radius 2 is 2.00 bits per heavy atom. The van der Waals surface area contributed by atoms with Gasteiger partial charge in [-0.1, -0.05) is 6.92 Å². The van der Waals surface area contributed by atoms with Crippen LogP contribution in [0.15, 0.2) is 0 Å². The predicted octanol–water partition coefficient (Wildman–Crippen LogP) is 0.526. The topological polar surface area (TPSA) is 91.0 Å². The number of aromatic nitrogens is 3. The lowest BCUT2D eigenvalue weighted by atomic mass is 9.96. The van der Waals surface area contributed by atoms with Crippen LogP contribution in [0.5, 0.6) is 0 Å². The molecular formula is C14H21N5O2. The minimum absolute atomic E-state index is 0.179. The molecule has 3 rings (SSSR count). The van der Waals surface area contributed by atoms with Gasteiger partial charge in [-0.2, -0.15) is 0 Å². The molecule has 114 valence electrons. The van der Waals surface area contributed by atoms with Crippen molar-refractivity contribution < 1.29 is 9.59 Å². The predicted molar refractivity (Wildman–Crippen MR) is 75.6 cm³/mol. The summed E-state index contributed by atoms with van der Waals surface area (Å²) in [4.78, 5) is 29.9. The molecule has 0 spiro atoms. The molecule has 1 saturated carbocycles. The number of likely N-dealkylation sites (tertiary alicyclic amines) is 1. The first kappa shape index (κ1) is 14.0. The fraction of sp³-hybridized carbons (Fsp3) is 0.714. The lowest BCUT2D eigenvalue weighted by molar-refractivity contribution is -0.133. The number of piperidine rings is 1. The highest BCUT2D eigenvalue weighted by Crippen LogP contribution is 2.40. The van der Waals surface area contributed by atoms with Gasteiger partial charge in [0.25, 0.3) is 5.91 Å². The summed E-state index contributed by atoms with van der Waals surface area (Å²) in [5, 5.41) is 9.29. The van der Waals surface area contributed by atoms with Crippen LogP contribution >= 0.6 is 0 Å². The maximum Gasteiger partial charge on any atom is 0.290 e. The normalized spacial score (nSPS) is 25.7. The van der Waals surface area contributed by atoms with Crippen molar-refractivity contribution >= 4 is 11.8 Å². The smallest absolute Gasteiger partial charge is 0.290 e. The molecule has 7 nitrogen and oxygen atoms in total. The standard InChI is InChI=1S/C14H21N5O2/c1-8-7-10(8)14(21)19-5-3-9(4-6-19)11-16-12(18-17-11)13(20)15-2/h8-10H,3-7H2,1-2H3,(H,15,20)(H,16,17,18). The van der Waals surface area contributed by atoms with Crippen molar-refractivity contribution in [3.63, 3.8) is 0 Å². The van der Waals surface area contributed by atoms with Gasteiger partial charge >= 0.3 is 0 Å². The largest absolute Gasteiger partial charge is 0.352 e. The minimum atomic E-state index is -0.284. The average Bonchev–Trinajstić information content (AvgIpc) is 3.04. The summed E-state index contributed by atoms with van der Waals surface area (Å²) in [5.41, 5.74) is 0. The van der Waals surface area contributed by atoms with E-state index in [1.807, 2.05) is 4.90 Å². The Balaban J connectivity index is 1.57. The first-order valence-corrected chi connectivity index (χ1v) is 7.53. The van der Waals surface area contributed by atoms with Gasteiger partial charge in [-0.3, -0.25) is 14.7 Å². The van der Waals surface area contributed by atoms with Crippen LogP contribution in [0.25, 0.3) is 0 Å². The third kappa shape index (κ3) is 2.77. The van der Waals surface area contributed by atoms with E-state index in [-0.39, 0.29) is 23.6 Å². The van der Waals surface area contributed by atoms with Crippen molar-refractivity contribution in [2.75, 3.05) is 20.1 Å². The minimum Gasteiger partial charge on any atom is -0.352 e. The van der Waals surface area contributed by atoms with Gasteiger partial charge in [0.1, 0.15) is 5.82 Å². The van der Waals surface area contributed by atoms with Crippen LogP contribution in [-0.4, -0.2) is 52.0 Å². The summed E-state index contributed by atoms with van der Waals surface area (Å²) < 4.78 is 0. The van der Waals surface area contributed by atoms with E-state index in [0.717, 1.165) is 38.2 Å². The fourth-order valence-electron chi connectivity index (χ4n) is 2.94. The number of nitrogens with zero attached hydrogens (tertiary/aromatic N) is 3. The molecule has 21 heavy (non-hydrogen) atoms. The van der Waals surface area contributed by atoms with E-state index < -0.39 is 0 Å². The molecule has 2 heterocycles. The Labute approximate surface area is 123 Å². The SMILES string of the molecule is CNC(=O)c1n[nH]c(C2CCN(C(=O)C3CC3C)CC2)n1. The molecule has 1 saturated heterocycles. The van der Waals surface area contributed by atoms with Crippen molar-refractivity contribution in [1.82, 2.24) is 25.4 Å². The van der Waals surface area contributed by atoms with Crippen LogP contribution in [0.4, 0.5) is 0 Å². The quantitative estimate of drug-likeness (QED) is 0.849. The van der Waals surface area contributed by atoms with E-state index >= 15 is 0 Å². The van der Waals surface area contributed by atoms with Gasteiger partial charge < -0.3 is 10.2 Å². The summed E-state index contributed by atoms with van der Waals surface area (Å²) >= 11 is 0. The summed E-state index contributed by atoms with van der Waals surface area (Å²) in [6.07, 6.45) is 2.78. The fourth-order valence-corrected chi connectivity index (χ4v) is 2.94. The number of aromatic amines is 1. The second-order valence-corrected chi connectivity index (χ2v) is 6.04. The van der Waals surface area contributed by atoms with Crippen molar-refractivity contribution in [3.05, 3.63) is 11.6 Å². The van der Waals surface area contributed by atoms with E-state index in [1.54, 1.807) is 7.05 Å². The number of carbonyl (C=O) groups excluding carboxylic acids is 2. The number of hydrogen-bond donors (Lipinski definition) is 2. The number of rotatable bonds is 3. The Morgan fingerprint density at radius 3 is 2.57 bits per heavy atom. The Bertz CT molecular complexity index is 547. The second-order valence-electron chi connectivity index (χ2n) is 6.04. The number of hydrogen-bond acceptors (Lipinski definition) is 4. The zero-order chi connectivity index (χ0) is 15.0. The molecule has 2 fully saturated rings. The van der Waals surface area contributed by atoms with E-state index in [4.69, 9.17) is 0 Å². The maximum atomic E-state index is 12.2. The third-order valence-corrected chi connectivity index (χ3v) is 4.55. The Hall–Kier alpha value is -1.92. The van der Waals surface area contributed by atoms with E-state index in [2.05, 4.69) is 27.4 Å². The van der Waals surface area contributed by atoms with E-state index in [9.17, 15) is 9.59 Å². The molecule has 2 unspecified atom stereocenters. The number of carbonyl (C=O) groups is 2. The van der Waals surface area contributed by atoms with Crippen molar-refractivity contribution in [2.45, 2.75) is 32.1 Å². The van der Waals surface area contributed by atoms with Gasteiger partial charge in [-0.25, -0.2) is 4.98 Å². The van der Waals surface area contributed by atoms with E-state index in [1.165, 1.54) is 0 Å². The van der Waals surface area contributed by atoms with Crippen LogP contribution in [0.3, 0.4) is 0 Å². The van der Waals surface area contributed by atoms with Crippen molar-refractivity contribution in [2.24, 2.45) is 11.8 Å². The zero-order valence-electron chi connectivity index (χ0n) is 12.4. The molecule has 1 aromatic heterocycles. The van der Waals surface area contributed by atoms with E-state index in [0.29, 0.717) is 11.8 Å². The molecule has 1 aliphatic heterocycles. The molecule has 7 heteroatoms. The number of H-pyrrole nitrogens is 1. The highest BCUT2D eigenvalue weighted by atomic mass is 16.2. The molecule has 0 aromatic carbocycles. The number of nitrogens with one attached hydrogen (secondary N) is 2. The van der Waals surface area contributed by atoms with Crippen LogP contribution < -0.4 is 5.32 Å². The third-order valence-electron chi connectivity index (χ3n) is 4.55. The van der Waals surface area contributed by atoms with Crippen LogP contribution in [-0.2, 0) is 4.79 Å². The van der Waals surface area contributed by atoms with Gasteiger partial charge in [-0.15, -0.1) is 5.10 Å². The first-order chi connectivity index (χ1) is 10.1. The molecule has 2 atom stereocenters. The van der Waals surface area contributed by atoms with Crippen LogP contribution in [0, 0.1) is 11.8 Å². The molecule has 2 amide bonds. The Kier molecular flexibility index (Phi) is 3.65. The molecule has 2 N–H and O–H groups in total. The highest BCUT2D eigenvalue weighted by Gasteiger charge is 2.42. The number of amides is 2. The summed E-state index contributed by atoms with van der Waals surface area (Å²) in [7, 11) is 1.56. The summed E-state index contributed by atoms with van der Waals surface area (Å²) in [6, 6.07) is 0. The molecule has 1 aromatic rings. The van der Waals surface area contributed by atoms with Crippen LogP contribution in [0.2, 0.25) is 0 Å². The Morgan fingerprint density at radius 1 is 1.33 bits per heavy atom. The lowest BCUT2D eigenvalue weighted by Crippen LogP contribution is -2.39. The zero-order valence-corrected chi connectivity index (χ0v) is 12.4. The molecule has 1 aliphatic carbocycles.